The summed E-state index contributed by atoms with van der Waals surface area (Å²) in [7, 11) is 0. The van der Waals surface area contributed by atoms with Crippen molar-refractivity contribution in [2.75, 3.05) is 13.1 Å². The number of fused-ring (bicyclic) bond motifs is 4. The van der Waals surface area contributed by atoms with Crippen molar-refractivity contribution in [2.24, 2.45) is 28.1 Å². The Kier molecular flexibility index (Phi) is 14.5. The van der Waals surface area contributed by atoms with E-state index < -0.39 is 0 Å². The van der Waals surface area contributed by atoms with E-state index in [1.807, 2.05) is 47.1 Å². The van der Waals surface area contributed by atoms with Gasteiger partial charge in [0.15, 0.2) is 0 Å². The van der Waals surface area contributed by atoms with E-state index in [-0.39, 0.29) is 5.60 Å². The molecule has 0 N–H and O–H groups in total. The summed E-state index contributed by atoms with van der Waals surface area (Å²) in [5.41, 5.74) is 3.54. The third-order valence-corrected chi connectivity index (χ3v) is 12.0. The Labute approximate surface area is 259 Å². The number of ether oxygens (including phenoxy) is 1. The number of hydrogen-bond acceptors (Lipinski definition) is 2. The van der Waals surface area contributed by atoms with Crippen molar-refractivity contribution in [3.05, 3.63) is 11.6 Å². The zero-order valence-corrected chi connectivity index (χ0v) is 30.3. The molecule has 2 nitrogen and oxygen atoms in total. The summed E-state index contributed by atoms with van der Waals surface area (Å²) in [5.74, 6) is 1.71. The monoisotopic (exact) mass is 574 g/mol. The van der Waals surface area contributed by atoms with Gasteiger partial charge in [0.05, 0.1) is 11.7 Å². The zero-order valence-electron chi connectivity index (χ0n) is 30.3. The summed E-state index contributed by atoms with van der Waals surface area (Å²) in [6.07, 6.45) is 24.0. The van der Waals surface area contributed by atoms with E-state index in [0.29, 0.717) is 28.4 Å². The van der Waals surface area contributed by atoms with Gasteiger partial charge >= 0.3 is 0 Å². The number of rotatable bonds is 4. The van der Waals surface area contributed by atoms with Gasteiger partial charge in [-0.25, -0.2) is 0 Å². The Hall–Kier alpha value is -0.340. The molecule has 41 heavy (non-hydrogen) atoms. The van der Waals surface area contributed by atoms with Crippen LogP contribution in [-0.2, 0) is 4.74 Å². The van der Waals surface area contributed by atoms with Crippen LogP contribution >= 0.6 is 0 Å². The molecule has 0 aromatic rings. The summed E-state index contributed by atoms with van der Waals surface area (Å²) in [6.45, 7) is 29.0. The fourth-order valence-electron chi connectivity index (χ4n) is 10.2. The first-order chi connectivity index (χ1) is 19.8. The van der Waals surface area contributed by atoms with E-state index in [4.69, 9.17) is 4.74 Å². The predicted octanol–water partition coefficient (Wildman–Crippen LogP) is 12.0. The van der Waals surface area contributed by atoms with E-state index >= 15 is 0 Å². The maximum atomic E-state index is 7.29. The van der Waals surface area contributed by atoms with Crippen molar-refractivity contribution in [1.29, 1.82) is 0 Å². The maximum Gasteiger partial charge on any atom is 0.0761 e. The highest BCUT2D eigenvalue weighted by Gasteiger charge is 2.77. The lowest BCUT2D eigenvalue weighted by atomic mass is 9.56. The molecule has 1 spiro atoms. The molecule has 0 aromatic carbocycles. The van der Waals surface area contributed by atoms with E-state index in [1.54, 1.807) is 0 Å². The highest BCUT2D eigenvalue weighted by atomic mass is 16.5. The van der Waals surface area contributed by atoms with Gasteiger partial charge in [0, 0.05) is 18.0 Å². The van der Waals surface area contributed by atoms with Crippen molar-refractivity contribution in [1.82, 2.24) is 4.90 Å². The van der Waals surface area contributed by atoms with Gasteiger partial charge in [0.1, 0.15) is 0 Å². The molecular formula is C39H75NO. The van der Waals surface area contributed by atoms with Crippen molar-refractivity contribution < 1.29 is 4.74 Å². The fourth-order valence-corrected chi connectivity index (χ4v) is 10.2. The summed E-state index contributed by atoms with van der Waals surface area (Å²) in [5, 5.41) is 0. The van der Waals surface area contributed by atoms with Gasteiger partial charge in [-0.05, 0) is 119 Å². The molecule has 2 saturated heterocycles. The van der Waals surface area contributed by atoms with Gasteiger partial charge in [0.25, 0.3) is 0 Å². The minimum Gasteiger partial charge on any atom is -0.369 e. The average Bonchev–Trinajstić information content (AvgIpc) is 3.43. The molecule has 2 heteroatoms. The molecule has 6 rings (SSSR count). The third kappa shape index (κ3) is 7.00. The van der Waals surface area contributed by atoms with E-state index in [0.717, 1.165) is 11.8 Å². The van der Waals surface area contributed by atoms with Crippen molar-refractivity contribution >= 4 is 0 Å². The molecule has 2 aliphatic heterocycles. The summed E-state index contributed by atoms with van der Waals surface area (Å²) < 4.78 is 7.29. The second kappa shape index (κ2) is 16.1. The Bertz CT molecular complexity index is 790. The number of hydrogen-bond donors (Lipinski definition) is 0. The van der Waals surface area contributed by atoms with Crippen LogP contribution in [0.25, 0.3) is 0 Å². The van der Waals surface area contributed by atoms with Crippen molar-refractivity contribution in [2.45, 2.75) is 197 Å². The summed E-state index contributed by atoms with van der Waals surface area (Å²) in [4.78, 5) is 2.83. The molecule has 0 radical (unpaired) electrons. The molecule has 242 valence electrons. The molecular weight excluding hydrogens is 498 g/mol. The van der Waals surface area contributed by atoms with E-state index in [2.05, 4.69) is 52.5 Å². The van der Waals surface area contributed by atoms with Gasteiger partial charge in [-0.15, -0.1) is 0 Å². The topological polar surface area (TPSA) is 12.5 Å². The van der Waals surface area contributed by atoms with Crippen LogP contribution in [0, 0.1) is 28.1 Å². The smallest absolute Gasteiger partial charge is 0.0761 e. The first kappa shape index (κ1) is 36.8. The van der Waals surface area contributed by atoms with Gasteiger partial charge in [-0.1, -0.05) is 101 Å². The van der Waals surface area contributed by atoms with Crippen LogP contribution in [0.5, 0.6) is 0 Å². The van der Waals surface area contributed by atoms with Crippen LogP contribution < -0.4 is 0 Å². The van der Waals surface area contributed by atoms with Crippen LogP contribution in [-0.4, -0.2) is 35.7 Å². The molecule has 4 aliphatic carbocycles. The number of allylic oxidation sites excluding steroid dienone is 2. The largest absolute Gasteiger partial charge is 0.369 e. The molecule has 0 bridgehead atoms. The summed E-state index contributed by atoms with van der Waals surface area (Å²) in [6, 6.07) is 0.694. The van der Waals surface area contributed by atoms with E-state index in [1.165, 1.54) is 109 Å². The second-order valence-corrected chi connectivity index (χ2v) is 14.4. The molecule has 0 aromatic heterocycles. The minimum absolute atomic E-state index is 0.178. The standard InChI is InChI=1S/C30H49NO.C3H8.3C2H6/c1-5-16-31-20-22(2)17-26-25(31)19-30(32-26)15-9-14-29(21-28(29,30)4)18-24-12-8-11-23-10-6-7-13-27(23,24)3;1-3-2;3*1-2/h10,22,24-26H,5-9,11-21H2,1-4H3;3H2,1-2H3;3*1-2H3. The first-order valence-corrected chi connectivity index (χ1v) is 18.9. The first-order valence-electron chi connectivity index (χ1n) is 18.9. The Morgan fingerprint density at radius 1 is 0.927 bits per heavy atom. The number of piperidine rings is 1. The average molecular weight is 574 g/mol. The summed E-state index contributed by atoms with van der Waals surface area (Å²) >= 11 is 0. The van der Waals surface area contributed by atoms with Crippen LogP contribution in [0.1, 0.15) is 179 Å². The van der Waals surface area contributed by atoms with Gasteiger partial charge in [-0.2, -0.15) is 0 Å². The maximum absolute atomic E-state index is 7.29. The fraction of sp³-hybridized carbons (Fsp3) is 0.949. The highest BCUT2D eigenvalue weighted by Crippen LogP contribution is 2.80. The van der Waals surface area contributed by atoms with Gasteiger partial charge in [-0.3, -0.25) is 4.90 Å². The number of nitrogens with zero attached hydrogens (tertiary/aromatic N) is 1. The van der Waals surface area contributed by atoms with Crippen molar-refractivity contribution in [3.63, 3.8) is 0 Å². The molecule has 6 aliphatic rings. The lowest BCUT2D eigenvalue weighted by Crippen LogP contribution is -2.49. The molecule has 0 amide bonds. The normalized spacial score (nSPS) is 42.1. The quantitative estimate of drug-likeness (QED) is 0.310. The third-order valence-electron chi connectivity index (χ3n) is 12.0. The Morgan fingerprint density at radius 3 is 2.27 bits per heavy atom. The molecule has 8 atom stereocenters. The SMILES string of the molecule is CC.CC.CC.CCC.CCCN1CC(C)CC2OC3(CCCC4(CC5CCCC6=CCCCC65C)CC43C)CC21. The van der Waals surface area contributed by atoms with E-state index in [9.17, 15) is 0 Å². The van der Waals surface area contributed by atoms with Crippen molar-refractivity contribution in [3.8, 4) is 0 Å². The number of likely N-dealkylation sites (tertiary alicyclic amines) is 1. The second-order valence-electron chi connectivity index (χ2n) is 14.4. The highest BCUT2D eigenvalue weighted by molar-refractivity contribution is 5.28. The molecule has 3 saturated carbocycles. The Morgan fingerprint density at radius 2 is 1.61 bits per heavy atom. The predicted molar refractivity (Wildman–Crippen MR) is 183 cm³/mol. The van der Waals surface area contributed by atoms with Crippen LogP contribution in [0.15, 0.2) is 11.6 Å². The minimum atomic E-state index is 0.178. The lowest BCUT2D eigenvalue weighted by molar-refractivity contribution is -0.131. The van der Waals surface area contributed by atoms with Gasteiger partial charge < -0.3 is 4.74 Å². The lowest BCUT2D eigenvalue weighted by Gasteiger charge is -2.50. The molecule has 8 unspecified atom stereocenters. The van der Waals surface area contributed by atoms with Gasteiger partial charge in [0.2, 0.25) is 0 Å². The Balaban J connectivity index is 0.000000594. The zero-order chi connectivity index (χ0) is 30.9. The van der Waals surface area contributed by atoms with Crippen LogP contribution in [0.3, 0.4) is 0 Å². The van der Waals surface area contributed by atoms with Crippen LogP contribution in [0.4, 0.5) is 0 Å². The molecule has 5 fully saturated rings. The van der Waals surface area contributed by atoms with Crippen LogP contribution in [0.2, 0.25) is 0 Å². The molecule has 2 heterocycles.